The molecule has 0 aliphatic heterocycles. The van der Waals surface area contributed by atoms with E-state index >= 15 is 0 Å². The van der Waals surface area contributed by atoms with Gasteiger partial charge in [-0.3, -0.25) is 9.59 Å². The summed E-state index contributed by atoms with van der Waals surface area (Å²) < 4.78 is 0. The molecule has 4 fully saturated rings. The molecule has 5 heteroatoms. The average molecular weight is 449 g/mol. The highest BCUT2D eigenvalue weighted by Crippen LogP contribution is 2.55. The van der Waals surface area contributed by atoms with E-state index in [1.54, 1.807) is 0 Å². The molecule has 0 spiro atoms. The van der Waals surface area contributed by atoms with Crippen molar-refractivity contribution >= 4 is 29.3 Å². The van der Waals surface area contributed by atoms with Crippen LogP contribution in [0, 0.1) is 31.6 Å². The maximum absolute atomic E-state index is 13.0. The molecule has 2 aromatic carbocycles. The molecule has 0 radical (unpaired) electrons. The first-order chi connectivity index (χ1) is 15.4. The number of hydrogen-bond donors (Lipinski definition) is 2. The summed E-state index contributed by atoms with van der Waals surface area (Å²) in [7, 11) is 0. The lowest BCUT2D eigenvalue weighted by atomic mass is 9.53. The van der Waals surface area contributed by atoms with Crippen molar-refractivity contribution in [2.75, 3.05) is 11.1 Å². The van der Waals surface area contributed by atoms with E-state index in [2.05, 4.69) is 10.6 Å². The summed E-state index contributed by atoms with van der Waals surface area (Å²) in [5, 5.41) is 6.48. The van der Waals surface area contributed by atoms with Crippen molar-refractivity contribution in [2.45, 2.75) is 62.8 Å². The zero-order chi connectivity index (χ0) is 22.3. The maximum Gasteiger partial charge on any atom is 0.256 e. The van der Waals surface area contributed by atoms with Crippen LogP contribution >= 0.6 is 11.8 Å². The number of carbonyl (C=O) groups is 2. The second-order valence-corrected chi connectivity index (χ2v) is 11.3. The number of anilines is 1. The van der Waals surface area contributed by atoms with Gasteiger partial charge in [-0.25, -0.2) is 0 Å². The topological polar surface area (TPSA) is 58.2 Å². The minimum absolute atomic E-state index is 0.0337. The highest BCUT2D eigenvalue weighted by molar-refractivity contribution is 8.00. The highest BCUT2D eigenvalue weighted by atomic mass is 32.2. The van der Waals surface area contributed by atoms with Crippen molar-refractivity contribution in [2.24, 2.45) is 17.8 Å². The first-order valence-corrected chi connectivity index (χ1v) is 12.8. The van der Waals surface area contributed by atoms with Crippen molar-refractivity contribution < 1.29 is 9.59 Å². The monoisotopic (exact) mass is 448 g/mol. The van der Waals surface area contributed by atoms with Gasteiger partial charge in [-0.05, 0) is 99.5 Å². The van der Waals surface area contributed by atoms with Crippen LogP contribution in [-0.2, 0) is 4.79 Å². The molecule has 4 aliphatic carbocycles. The van der Waals surface area contributed by atoms with Gasteiger partial charge in [-0.1, -0.05) is 24.3 Å². The molecule has 0 unspecified atom stereocenters. The second kappa shape index (κ2) is 8.58. The molecule has 0 atom stereocenters. The van der Waals surface area contributed by atoms with Crippen molar-refractivity contribution in [3.8, 4) is 0 Å². The van der Waals surface area contributed by atoms with E-state index < -0.39 is 0 Å². The van der Waals surface area contributed by atoms with E-state index in [4.69, 9.17) is 0 Å². The largest absolute Gasteiger partial charge is 0.350 e. The van der Waals surface area contributed by atoms with Crippen LogP contribution in [0.15, 0.2) is 47.4 Å². The highest BCUT2D eigenvalue weighted by Gasteiger charge is 2.51. The number of carbonyl (C=O) groups excluding carboxylic acids is 2. The normalized spacial score (nSPS) is 27.9. The van der Waals surface area contributed by atoms with Crippen LogP contribution in [0.1, 0.15) is 60.0 Å². The lowest BCUT2D eigenvalue weighted by molar-refractivity contribution is -0.124. The third-order valence-electron chi connectivity index (χ3n) is 7.57. The van der Waals surface area contributed by atoms with Gasteiger partial charge in [-0.2, -0.15) is 0 Å². The number of rotatable bonds is 6. The zero-order valence-electron chi connectivity index (χ0n) is 18.9. The molecule has 6 rings (SSSR count). The van der Waals surface area contributed by atoms with Gasteiger partial charge in [0, 0.05) is 16.1 Å². The minimum Gasteiger partial charge on any atom is -0.350 e. The Labute approximate surface area is 194 Å². The van der Waals surface area contributed by atoms with Crippen LogP contribution in [0.25, 0.3) is 0 Å². The molecule has 4 saturated carbocycles. The van der Waals surface area contributed by atoms with E-state index in [9.17, 15) is 9.59 Å². The maximum atomic E-state index is 13.0. The third-order valence-corrected chi connectivity index (χ3v) is 8.65. The Morgan fingerprint density at radius 2 is 1.62 bits per heavy atom. The lowest BCUT2D eigenvalue weighted by Gasteiger charge is -2.56. The summed E-state index contributed by atoms with van der Waals surface area (Å²) in [6, 6.07) is 13.6. The van der Waals surface area contributed by atoms with Gasteiger partial charge in [0.05, 0.1) is 11.3 Å². The Kier molecular flexibility index (Phi) is 5.79. The number of hydrogen-bond acceptors (Lipinski definition) is 3. The molecular formula is C27H32N2O2S. The van der Waals surface area contributed by atoms with Crippen molar-refractivity contribution in [1.29, 1.82) is 0 Å². The van der Waals surface area contributed by atoms with E-state index in [1.165, 1.54) is 31.0 Å². The zero-order valence-corrected chi connectivity index (χ0v) is 19.8. The molecule has 4 bridgehead atoms. The molecule has 2 amide bonds. The summed E-state index contributed by atoms with van der Waals surface area (Å²) in [5.41, 5.74) is 3.61. The fourth-order valence-electron chi connectivity index (χ4n) is 6.58. The summed E-state index contributed by atoms with van der Waals surface area (Å²) in [6.45, 7) is 4.01. The van der Waals surface area contributed by atoms with Crippen molar-refractivity contribution in [3.05, 3.63) is 59.2 Å². The Morgan fingerprint density at radius 1 is 0.969 bits per heavy atom. The Balaban J connectivity index is 1.23. The third kappa shape index (κ3) is 4.45. The fourth-order valence-corrected chi connectivity index (χ4v) is 7.43. The van der Waals surface area contributed by atoms with E-state index in [0.717, 1.165) is 58.7 Å². The second-order valence-electron chi connectivity index (χ2n) is 10.3. The Hall–Kier alpha value is -2.27. The molecule has 2 aromatic rings. The van der Waals surface area contributed by atoms with E-state index in [0.29, 0.717) is 11.3 Å². The predicted octanol–water partition coefficient (Wildman–Crippen LogP) is 5.73. The number of thioether (sulfide) groups is 1. The summed E-state index contributed by atoms with van der Waals surface area (Å²) in [6.07, 6.45) is 7.57. The molecule has 2 N–H and O–H groups in total. The molecular weight excluding hydrogens is 416 g/mol. The Bertz CT molecular complexity index is 1010. The van der Waals surface area contributed by atoms with Crippen LogP contribution in [-0.4, -0.2) is 23.1 Å². The molecule has 0 aromatic heterocycles. The van der Waals surface area contributed by atoms with E-state index in [-0.39, 0.29) is 17.4 Å². The molecule has 0 heterocycles. The fraction of sp³-hybridized carbons (Fsp3) is 0.481. The average Bonchev–Trinajstić information content (AvgIpc) is 2.74. The summed E-state index contributed by atoms with van der Waals surface area (Å²) in [5.74, 6) is 2.73. The molecule has 0 saturated heterocycles. The van der Waals surface area contributed by atoms with Gasteiger partial charge >= 0.3 is 0 Å². The standard InChI is InChI=1S/C27H32N2O2S/c1-17-7-8-18(2)23(9-17)28-26(31)22-5-3-4-6-24(22)32-16-25(30)29-27-13-19-10-20(14-27)12-21(11-19)15-27/h3-9,19-21H,10-16H2,1-2H3,(H,28,31)(H,29,30). The number of nitrogens with one attached hydrogen (secondary N) is 2. The van der Waals surface area contributed by atoms with E-state index in [1.807, 2.05) is 56.3 Å². The minimum atomic E-state index is -0.136. The number of aryl methyl sites for hydroxylation is 2. The van der Waals surface area contributed by atoms with Crippen molar-refractivity contribution in [3.63, 3.8) is 0 Å². The first-order valence-electron chi connectivity index (χ1n) is 11.8. The molecule has 32 heavy (non-hydrogen) atoms. The van der Waals surface area contributed by atoms with Gasteiger partial charge in [-0.15, -0.1) is 11.8 Å². The lowest BCUT2D eigenvalue weighted by Crippen LogP contribution is -2.60. The van der Waals surface area contributed by atoms with Crippen LogP contribution in [0.2, 0.25) is 0 Å². The number of benzene rings is 2. The van der Waals surface area contributed by atoms with Crippen LogP contribution in [0.5, 0.6) is 0 Å². The first kappa shape index (κ1) is 21.6. The quantitative estimate of drug-likeness (QED) is 0.555. The predicted molar refractivity (Wildman–Crippen MR) is 130 cm³/mol. The van der Waals surface area contributed by atoms with Gasteiger partial charge in [0.15, 0.2) is 0 Å². The van der Waals surface area contributed by atoms with Crippen molar-refractivity contribution in [1.82, 2.24) is 5.32 Å². The van der Waals surface area contributed by atoms with Gasteiger partial charge in [0.2, 0.25) is 5.91 Å². The van der Waals surface area contributed by atoms with Crippen LogP contribution in [0.4, 0.5) is 5.69 Å². The molecule has 4 aliphatic rings. The SMILES string of the molecule is Cc1ccc(C)c(NC(=O)c2ccccc2SCC(=O)NC23CC4CC(CC(C4)C2)C3)c1. The smallest absolute Gasteiger partial charge is 0.256 e. The van der Waals surface area contributed by atoms with Gasteiger partial charge in [0.1, 0.15) is 0 Å². The van der Waals surface area contributed by atoms with Gasteiger partial charge in [0.25, 0.3) is 5.91 Å². The van der Waals surface area contributed by atoms with Gasteiger partial charge < -0.3 is 10.6 Å². The molecule has 168 valence electrons. The molecule has 4 nitrogen and oxygen atoms in total. The van der Waals surface area contributed by atoms with Crippen LogP contribution in [0.3, 0.4) is 0 Å². The summed E-state index contributed by atoms with van der Waals surface area (Å²) in [4.78, 5) is 26.8. The number of amides is 2. The Morgan fingerprint density at radius 3 is 2.31 bits per heavy atom. The van der Waals surface area contributed by atoms with Crippen LogP contribution < -0.4 is 10.6 Å². The summed E-state index contributed by atoms with van der Waals surface area (Å²) >= 11 is 1.46.